The molecule has 2 N–H and O–H groups in total. The van der Waals surface area contributed by atoms with Gasteiger partial charge in [-0.25, -0.2) is 0 Å². The fourth-order valence-electron chi connectivity index (χ4n) is 2.15. The van der Waals surface area contributed by atoms with Gasteiger partial charge in [-0.2, -0.15) is 5.26 Å². The summed E-state index contributed by atoms with van der Waals surface area (Å²) in [5, 5.41) is 22.2. The highest BCUT2D eigenvalue weighted by Gasteiger charge is 2.16. The van der Waals surface area contributed by atoms with Crippen molar-refractivity contribution in [1.29, 1.82) is 5.26 Å². The van der Waals surface area contributed by atoms with Gasteiger partial charge in [-0.3, -0.25) is 0 Å². The predicted octanol–water partition coefficient (Wildman–Crippen LogP) is 2.43. The van der Waals surface area contributed by atoms with Crippen LogP contribution >= 0.6 is 0 Å². The van der Waals surface area contributed by atoms with Gasteiger partial charge in [0.2, 0.25) is 6.79 Å². The van der Waals surface area contributed by atoms with E-state index in [1.807, 2.05) is 12.1 Å². The molecule has 1 atom stereocenters. The number of nitrogens with one attached hydrogen (secondary N) is 1. The largest absolute Gasteiger partial charge is 0.454 e. The van der Waals surface area contributed by atoms with E-state index in [4.69, 9.17) is 14.7 Å². The molecule has 21 heavy (non-hydrogen) atoms. The van der Waals surface area contributed by atoms with Gasteiger partial charge in [0.1, 0.15) is 0 Å². The second kappa shape index (κ2) is 5.73. The lowest BCUT2D eigenvalue weighted by Gasteiger charge is -2.13. The highest BCUT2D eigenvalue weighted by molar-refractivity contribution is 5.50. The van der Waals surface area contributed by atoms with E-state index in [0.717, 1.165) is 11.3 Å². The van der Waals surface area contributed by atoms with E-state index in [2.05, 4.69) is 11.4 Å². The molecule has 0 aromatic heterocycles. The number of aliphatic hydroxyl groups excluding tert-OH is 1. The van der Waals surface area contributed by atoms with Crippen molar-refractivity contribution in [3.63, 3.8) is 0 Å². The van der Waals surface area contributed by atoms with Crippen LogP contribution in [0.25, 0.3) is 0 Å². The van der Waals surface area contributed by atoms with Gasteiger partial charge >= 0.3 is 0 Å². The zero-order valence-corrected chi connectivity index (χ0v) is 11.2. The third kappa shape index (κ3) is 2.91. The number of hydrogen-bond acceptors (Lipinski definition) is 5. The SMILES string of the molecule is N#Cc1cccc(NCC(O)c2ccc3c(c2)OCO3)c1. The molecule has 0 aliphatic carbocycles. The molecule has 2 aromatic carbocycles. The Morgan fingerprint density at radius 3 is 2.90 bits per heavy atom. The molecule has 106 valence electrons. The van der Waals surface area contributed by atoms with Gasteiger partial charge in [0, 0.05) is 12.2 Å². The topological polar surface area (TPSA) is 74.5 Å². The van der Waals surface area contributed by atoms with E-state index >= 15 is 0 Å². The summed E-state index contributed by atoms with van der Waals surface area (Å²) in [7, 11) is 0. The number of nitriles is 1. The maximum atomic E-state index is 10.2. The summed E-state index contributed by atoms with van der Waals surface area (Å²) in [6, 6.07) is 14.6. The Hall–Kier alpha value is -2.71. The van der Waals surface area contributed by atoms with Gasteiger partial charge < -0.3 is 19.9 Å². The van der Waals surface area contributed by atoms with Crippen LogP contribution in [0.15, 0.2) is 42.5 Å². The summed E-state index contributed by atoms with van der Waals surface area (Å²) in [6.45, 7) is 0.558. The maximum Gasteiger partial charge on any atom is 0.231 e. The molecular weight excluding hydrogens is 268 g/mol. The van der Waals surface area contributed by atoms with Crippen molar-refractivity contribution in [3.8, 4) is 17.6 Å². The summed E-state index contributed by atoms with van der Waals surface area (Å²) in [5.41, 5.74) is 2.13. The number of hydrogen-bond donors (Lipinski definition) is 2. The zero-order chi connectivity index (χ0) is 14.7. The fourth-order valence-corrected chi connectivity index (χ4v) is 2.15. The van der Waals surface area contributed by atoms with Crippen molar-refractivity contribution >= 4 is 5.69 Å². The lowest BCUT2D eigenvalue weighted by Crippen LogP contribution is -2.12. The van der Waals surface area contributed by atoms with Gasteiger partial charge in [0.15, 0.2) is 11.5 Å². The van der Waals surface area contributed by atoms with Crippen molar-refractivity contribution in [2.75, 3.05) is 18.7 Å². The second-order valence-electron chi connectivity index (χ2n) is 4.70. The van der Waals surface area contributed by atoms with Crippen LogP contribution in [-0.2, 0) is 0 Å². The number of benzene rings is 2. The van der Waals surface area contributed by atoms with Crippen LogP contribution < -0.4 is 14.8 Å². The number of aliphatic hydroxyl groups is 1. The van der Waals surface area contributed by atoms with Gasteiger partial charge in [-0.1, -0.05) is 12.1 Å². The summed E-state index contributed by atoms with van der Waals surface area (Å²) < 4.78 is 10.5. The highest BCUT2D eigenvalue weighted by atomic mass is 16.7. The van der Waals surface area contributed by atoms with Crippen LogP contribution in [0.1, 0.15) is 17.2 Å². The zero-order valence-electron chi connectivity index (χ0n) is 11.2. The van der Waals surface area contributed by atoms with Gasteiger partial charge in [-0.05, 0) is 35.9 Å². The van der Waals surface area contributed by atoms with Crippen LogP contribution in [0.5, 0.6) is 11.5 Å². The molecule has 1 aliphatic rings. The summed E-state index contributed by atoms with van der Waals surface area (Å²) in [4.78, 5) is 0. The van der Waals surface area contributed by atoms with E-state index in [1.54, 1.807) is 30.3 Å². The molecule has 1 heterocycles. The fraction of sp³-hybridized carbons (Fsp3) is 0.188. The monoisotopic (exact) mass is 282 g/mol. The van der Waals surface area contributed by atoms with Crippen LogP contribution in [0.4, 0.5) is 5.69 Å². The number of ether oxygens (including phenoxy) is 2. The molecule has 2 aromatic rings. The molecule has 0 fully saturated rings. The Morgan fingerprint density at radius 1 is 1.19 bits per heavy atom. The molecule has 0 saturated heterocycles. The van der Waals surface area contributed by atoms with Crippen LogP contribution in [0, 0.1) is 11.3 Å². The molecule has 5 nitrogen and oxygen atoms in total. The van der Waals surface area contributed by atoms with Crippen molar-refractivity contribution < 1.29 is 14.6 Å². The van der Waals surface area contributed by atoms with Crippen molar-refractivity contribution in [1.82, 2.24) is 0 Å². The molecule has 0 saturated carbocycles. The molecule has 1 unspecified atom stereocenters. The predicted molar refractivity (Wildman–Crippen MR) is 77.2 cm³/mol. The minimum atomic E-state index is -0.676. The summed E-state index contributed by atoms with van der Waals surface area (Å²) in [5.74, 6) is 1.35. The average Bonchev–Trinajstić information content (AvgIpc) is 3.00. The second-order valence-corrected chi connectivity index (χ2v) is 4.70. The van der Waals surface area contributed by atoms with E-state index < -0.39 is 6.10 Å². The van der Waals surface area contributed by atoms with Gasteiger partial charge in [-0.15, -0.1) is 0 Å². The summed E-state index contributed by atoms with van der Waals surface area (Å²) >= 11 is 0. The van der Waals surface area contributed by atoms with Gasteiger partial charge in [0.05, 0.1) is 17.7 Å². The Morgan fingerprint density at radius 2 is 2.05 bits per heavy atom. The maximum absolute atomic E-state index is 10.2. The van der Waals surface area contributed by atoms with Gasteiger partial charge in [0.25, 0.3) is 0 Å². The Balaban J connectivity index is 1.66. The van der Waals surface area contributed by atoms with Crippen LogP contribution in [-0.4, -0.2) is 18.4 Å². The number of anilines is 1. The molecule has 3 rings (SSSR count). The van der Waals surface area contributed by atoms with E-state index in [0.29, 0.717) is 23.6 Å². The third-order valence-electron chi connectivity index (χ3n) is 3.27. The molecule has 1 aliphatic heterocycles. The minimum absolute atomic E-state index is 0.216. The minimum Gasteiger partial charge on any atom is -0.454 e. The first kappa shape index (κ1) is 13.3. The summed E-state index contributed by atoms with van der Waals surface area (Å²) in [6.07, 6.45) is -0.676. The van der Waals surface area contributed by atoms with Crippen molar-refractivity contribution in [2.24, 2.45) is 0 Å². The smallest absolute Gasteiger partial charge is 0.231 e. The Bertz CT molecular complexity index is 694. The number of nitrogens with zero attached hydrogens (tertiary/aromatic N) is 1. The van der Waals surface area contributed by atoms with E-state index in [1.165, 1.54) is 0 Å². The number of fused-ring (bicyclic) bond motifs is 1. The van der Waals surface area contributed by atoms with Crippen LogP contribution in [0.2, 0.25) is 0 Å². The molecular formula is C16H14N2O3. The van der Waals surface area contributed by atoms with Crippen molar-refractivity contribution in [3.05, 3.63) is 53.6 Å². The van der Waals surface area contributed by atoms with E-state index in [9.17, 15) is 5.11 Å². The quantitative estimate of drug-likeness (QED) is 0.901. The first-order valence-electron chi connectivity index (χ1n) is 6.58. The number of rotatable bonds is 4. The first-order chi connectivity index (χ1) is 10.3. The lowest BCUT2D eigenvalue weighted by molar-refractivity contribution is 0.173. The standard InChI is InChI=1S/C16H14N2O3/c17-8-11-2-1-3-13(6-11)18-9-14(19)12-4-5-15-16(7-12)21-10-20-15/h1-7,14,18-19H,9-10H2. The molecule has 0 radical (unpaired) electrons. The van der Waals surface area contributed by atoms with Crippen molar-refractivity contribution in [2.45, 2.75) is 6.10 Å². The highest BCUT2D eigenvalue weighted by Crippen LogP contribution is 2.34. The Kier molecular flexibility index (Phi) is 3.63. The molecule has 0 amide bonds. The molecule has 5 heteroatoms. The molecule has 0 spiro atoms. The normalized spacial score (nSPS) is 13.5. The average molecular weight is 282 g/mol. The van der Waals surface area contributed by atoms with Crippen LogP contribution in [0.3, 0.4) is 0 Å². The lowest BCUT2D eigenvalue weighted by atomic mass is 10.1. The van der Waals surface area contributed by atoms with E-state index in [-0.39, 0.29) is 6.79 Å². The molecule has 0 bridgehead atoms. The first-order valence-corrected chi connectivity index (χ1v) is 6.58. The third-order valence-corrected chi connectivity index (χ3v) is 3.27. The Labute approximate surface area is 122 Å².